The highest BCUT2D eigenvalue weighted by molar-refractivity contribution is 6.01. The normalized spacial score (nSPS) is 21.8. The lowest BCUT2D eigenvalue weighted by Crippen LogP contribution is -2.38. The van der Waals surface area contributed by atoms with Gasteiger partial charge in [-0.25, -0.2) is 0 Å². The van der Waals surface area contributed by atoms with Crippen molar-refractivity contribution in [2.75, 3.05) is 6.61 Å². The second-order valence-corrected chi connectivity index (χ2v) is 7.32. The van der Waals surface area contributed by atoms with Gasteiger partial charge in [-0.1, -0.05) is 61.4 Å². The van der Waals surface area contributed by atoms with Gasteiger partial charge in [0, 0.05) is 13.3 Å². The van der Waals surface area contributed by atoms with E-state index in [-0.39, 0.29) is 17.8 Å². The molecule has 4 heteroatoms. The molecular weight excluding hydrogens is 328 g/mol. The Morgan fingerprint density at radius 3 is 2.46 bits per heavy atom. The number of ether oxygens (including phenoxy) is 1. The van der Waals surface area contributed by atoms with E-state index in [0.717, 1.165) is 16.7 Å². The molecular formula is C22H30O4. The summed E-state index contributed by atoms with van der Waals surface area (Å²) in [6.45, 7) is 11.2. The number of allylic oxidation sites excluding steroid dienone is 8. The van der Waals surface area contributed by atoms with Crippen molar-refractivity contribution in [1.82, 2.24) is 0 Å². The number of rotatable bonds is 6. The third kappa shape index (κ3) is 6.26. The van der Waals surface area contributed by atoms with Gasteiger partial charge in [0.2, 0.25) is 0 Å². The molecule has 0 saturated heterocycles. The van der Waals surface area contributed by atoms with Gasteiger partial charge in [0.1, 0.15) is 0 Å². The highest BCUT2D eigenvalue weighted by atomic mass is 16.5. The number of carbonyl (C=O) groups is 2. The van der Waals surface area contributed by atoms with E-state index in [0.29, 0.717) is 12.0 Å². The van der Waals surface area contributed by atoms with Crippen LogP contribution in [0, 0.1) is 5.41 Å². The Morgan fingerprint density at radius 2 is 1.88 bits per heavy atom. The fourth-order valence-corrected chi connectivity index (χ4v) is 3.03. The van der Waals surface area contributed by atoms with E-state index in [1.165, 1.54) is 6.92 Å². The van der Waals surface area contributed by atoms with Gasteiger partial charge in [-0.15, -0.1) is 0 Å². The minimum absolute atomic E-state index is 0.0314. The van der Waals surface area contributed by atoms with Crippen molar-refractivity contribution in [3.63, 3.8) is 0 Å². The van der Waals surface area contributed by atoms with E-state index < -0.39 is 12.1 Å². The lowest BCUT2D eigenvalue weighted by atomic mass is 9.71. The van der Waals surface area contributed by atoms with Gasteiger partial charge < -0.3 is 9.84 Å². The lowest BCUT2D eigenvalue weighted by molar-refractivity contribution is -0.153. The number of aliphatic hydroxyl groups is 1. The zero-order valence-electron chi connectivity index (χ0n) is 16.6. The van der Waals surface area contributed by atoms with Crippen LogP contribution >= 0.6 is 0 Å². The largest absolute Gasteiger partial charge is 0.454 e. The molecule has 0 amide bonds. The van der Waals surface area contributed by atoms with Crippen molar-refractivity contribution >= 4 is 11.8 Å². The van der Waals surface area contributed by atoms with Crippen molar-refractivity contribution in [1.29, 1.82) is 0 Å². The molecule has 1 atom stereocenters. The third-order valence-corrected chi connectivity index (χ3v) is 4.44. The van der Waals surface area contributed by atoms with Crippen LogP contribution in [0.3, 0.4) is 0 Å². The van der Waals surface area contributed by atoms with E-state index in [2.05, 4.69) is 13.8 Å². The summed E-state index contributed by atoms with van der Waals surface area (Å²) in [5.41, 5.74) is 3.40. The van der Waals surface area contributed by atoms with Crippen LogP contribution in [0.4, 0.5) is 0 Å². The number of esters is 1. The molecule has 142 valence electrons. The Labute approximate surface area is 156 Å². The molecule has 1 aliphatic rings. The molecule has 0 aromatic carbocycles. The zero-order chi connectivity index (χ0) is 19.9. The molecule has 4 nitrogen and oxygen atoms in total. The quantitative estimate of drug-likeness (QED) is 0.570. The molecule has 0 aromatic rings. The molecule has 0 aromatic heterocycles. The molecule has 1 rings (SSSR count). The summed E-state index contributed by atoms with van der Waals surface area (Å²) in [6.07, 6.45) is 11.3. The van der Waals surface area contributed by atoms with Crippen molar-refractivity contribution in [2.24, 2.45) is 5.41 Å². The SMILES string of the molecule is CC(=O)OC1CC(C)(C)C(/C=C/C(C)=C/C=C/C(C)=C/CO)=C(C)C1=O. The first-order valence-electron chi connectivity index (χ1n) is 8.82. The Balaban J connectivity index is 3.01. The average molecular weight is 358 g/mol. The van der Waals surface area contributed by atoms with Gasteiger partial charge >= 0.3 is 5.97 Å². The summed E-state index contributed by atoms with van der Waals surface area (Å²) in [7, 11) is 0. The maximum absolute atomic E-state index is 12.5. The Hall–Kier alpha value is -2.20. The standard InChI is InChI=1S/C22H30O4/c1-15(8-7-9-16(2)12-13-23)10-11-19-17(3)21(25)20(26-18(4)24)14-22(19,5)6/h7-12,20,23H,13-14H2,1-6H3/b9-7+,11-10+,15-8+,16-12+. The molecule has 26 heavy (non-hydrogen) atoms. The Kier molecular flexibility index (Phi) is 7.97. The van der Waals surface area contributed by atoms with Crippen LogP contribution in [-0.2, 0) is 14.3 Å². The number of hydrogen-bond acceptors (Lipinski definition) is 4. The second-order valence-electron chi connectivity index (χ2n) is 7.32. The molecule has 1 aliphatic carbocycles. The van der Waals surface area contributed by atoms with Crippen LogP contribution in [0.15, 0.2) is 58.7 Å². The molecule has 0 aliphatic heterocycles. The summed E-state index contributed by atoms with van der Waals surface area (Å²) < 4.78 is 5.19. The highest BCUT2D eigenvalue weighted by Crippen LogP contribution is 2.40. The van der Waals surface area contributed by atoms with Crippen LogP contribution in [-0.4, -0.2) is 29.6 Å². The smallest absolute Gasteiger partial charge is 0.303 e. The number of carbonyl (C=O) groups excluding carboxylic acids is 2. The van der Waals surface area contributed by atoms with Crippen LogP contribution in [0.25, 0.3) is 0 Å². The third-order valence-electron chi connectivity index (χ3n) is 4.44. The summed E-state index contributed by atoms with van der Waals surface area (Å²) in [5.74, 6) is -0.549. The fourth-order valence-electron chi connectivity index (χ4n) is 3.03. The van der Waals surface area contributed by atoms with Crippen molar-refractivity contribution < 1.29 is 19.4 Å². The molecule has 0 heterocycles. The van der Waals surface area contributed by atoms with E-state index in [1.54, 1.807) is 13.0 Å². The maximum atomic E-state index is 12.5. The van der Waals surface area contributed by atoms with Gasteiger partial charge in [0.05, 0.1) is 6.61 Å². The lowest BCUT2D eigenvalue weighted by Gasteiger charge is -2.36. The van der Waals surface area contributed by atoms with Crippen LogP contribution < -0.4 is 0 Å². The number of hydrogen-bond donors (Lipinski definition) is 1. The average Bonchev–Trinajstić information content (AvgIpc) is 2.51. The summed E-state index contributed by atoms with van der Waals surface area (Å²) in [5, 5.41) is 8.84. The first kappa shape index (κ1) is 21.8. The van der Waals surface area contributed by atoms with Gasteiger partial charge in [0.15, 0.2) is 11.9 Å². The van der Waals surface area contributed by atoms with Crippen LogP contribution in [0.5, 0.6) is 0 Å². The monoisotopic (exact) mass is 358 g/mol. The minimum Gasteiger partial charge on any atom is -0.454 e. The summed E-state index contributed by atoms with van der Waals surface area (Å²) in [6, 6.07) is 0. The molecule has 1 unspecified atom stereocenters. The first-order chi connectivity index (χ1) is 12.1. The summed E-state index contributed by atoms with van der Waals surface area (Å²) in [4.78, 5) is 23.7. The molecule has 0 fully saturated rings. The van der Waals surface area contributed by atoms with E-state index in [1.807, 2.05) is 44.2 Å². The second kappa shape index (κ2) is 9.48. The van der Waals surface area contributed by atoms with Crippen molar-refractivity contribution in [2.45, 2.75) is 54.1 Å². The summed E-state index contributed by atoms with van der Waals surface area (Å²) >= 11 is 0. The first-order valence-corrected chi connectivity index (χ1v) is 8.82. The van der Waals surface area contributed by atoms with E-state index >= 15 is 0 Å². The minimum atomic E-state index is -0.694. The molecule has 0 saturated carbocycles. The van der Waals surface area contributed by atoms with Gasteiger partial charge in [-0.3, -0.25) is 9.59 Å². The topological polar surface area (TPSA) is 63.6 Å². The van der Waals surface area contributed by atoms with E-state index in [9.17, 15) is 9.59 Å². The van der Waals surface area contributed by atoms with Crippen molar-refractivity contribution in [3.8, 4) is 0 Å². The van der Waals surface area contributed by atoms with Gasteiger partial charge in [-0.2, -0.15) is 0 Å². The predicted octanol–water partition coefficient (Wildman–Crippen LogP) is 4.23. The molecule has 1 N–H and O–H groups in total. The van der Waals surface area contributed by atoms with Crippen LogP contribution in [0.2, 0.25) is 0 Å². The van der Waals surface area contributed by atoms with Gasteiger partial charge in [0.25, 0.3) is 0 Å². The highest BCUT2D eigenvalue weighted by Gasteiger charge is 2.39. The number of ketones is 1. The van der Waals surface area contributed by atoms with Crippen molar-refractivity contribution in [3.05, 3.63) is 58.7 Å². The fraction of sp³-hybridized carbons (Fsp3) is 0.455. The zero-order valence-corrected chi connectivity index (χ0v) is 16.6. The molecule has 0 radical (unpaired) electrons. The molecule has 0 spiro atoms. The van der Waals surface area contributed by atoms with Gasteiger partial charge in [-0.05, 0) is 37.3 Å². The Bertz CT molecular complexity index is 700. The number of aliphatic hydroxyl groups excluding tert-OH is 1. The van der Waals surface area contributed by atoms with Crippen LogP contribution in [0.1, 0.15) is 48.0 Å². The predicted molar refractivity (Wildman–Crippen MR) is 105 cm³/mol. The Morgan fingerprint density at radius 1 is 1.23 bits per heavy atom. The van der Waals surface area contributed by atoms with E-state index in [4.69, 9.17) is 9.84 Å². The molecule has 0 bridgehead atoms. The maximum Gasteiger partial charge on any atom is 0.303 e. The number of Topliss-reactive ketones (excluding diaryl/α,β-unsaturated/α-hetero) is 1.